The maximum atomic E-state index is 8.77. The van der Waals surface area contributed by atoms with Crippen molar-refractivity contribution in [2.24, 2.45) is 5.92 Å². The van der Waals surface area contributed by atoms with E-state index in [1.165, 1.54) is 12.8 Å². The highest BCUT2D eigenvalue weighted by molar-refractivity contribution is 5.03. The van der Waals surface area contributed by atoms with Gasteiger partial charge in [0.05, 0.1) is 12.1 Å². The van der Waals surface area contributed by atoms with Crippen molar-refractivity contribution >= 4 is 0 Å². The molecule has 2 fully saturated rings. The number of nitrogens with one attached hydrogen (secondary N) is 2. The predicted molar refractivity (Wildman–Crippen MR) is 41.9 cm³/mol. The summed E-state index contributed by atoms with van der Waals surface area (Å²) in [5.41, 5.74) is 0. The normalized spacial score (nSPS) is 27.2. The summed E-state index contributed by atoms with van der Waals surface area (Å²) in [6.45, 7) is 2.07. The zero-order valence-corrected chi connectivity index (χ0v) is 6.51. The molecule has 2 rings (SSSR count). The molecular weight excluding hydrogens is 138 g/mol. The topological polar surface area (TPSA) is 47.9 Å². The molecule has 11 heavy (non-hydrogen) atoms. The molecule has 3 nitrogen and oxygen atoms in total. The molecule has 0 radical (unpaired) electrons. The van der Waals surface area contributed by atoms with Crippen molar-refractivity contribution in [3.8, 4) is 6.07 Å². The Morgan fingerprint density at radius 3 is 2.55 bits per heavy atom. The van der Waals surface area contributed by atoms with Gasteiger partial charge in [-0.25, -0.2) is 0 Å². The highest BCUT2D eigenvalue weighted by Gasteiger charge is 2.33. The van der Waals surface area contributed by atoms with Crippen LogP contribution in [0.2, 0.25) is 0 Å². The van der Waals surface area contributed by atoms with Gasteiger partial charge >= 0.3 is 0 Å². The Labute approximate surface area is 66.8 Å². The van der Waals surface area contributed by atoms with E-state index in [9.17, 15) is 0 Å². The summed E-state index contributed by atoms with van der Waals surface area (Å²) in [4.78, 5) is 0. The number of hydrogen-bond acceptors (Lipinski definition) is 3. The summed E-state index contributed by atoms with van der Waals surface area (Å²) in [7, 11) is 0. The Balaban J connectivity index is 1.77. The molecule has 2 N–H and O–H groups in total. The number of nitriles is 1. The van der Waals surface area contributed by atoms with Crippen molar-refractivity contribution in [2.75, 3.05) is 13.1 Å². The van der Waals surface area contributed by atoms with Crippen molar-refractivity contribution in [3.63, 3.8) is 0 Å². The van der Waals surface area contributed by atoms with Crippen molar-refractivity contribution in [1.29, 1.82) is 5.26 Å². The van der Waals surface area contributed by atoms with E-state index in [2.05, 4.69) is 16.7 Å². The van der Waals surface area contributed by atoms with Crippen LogP contribution in [0, 0.1) is 17.2 Å². The molecule has 0 unspecified atom stereocenters. The van der Waals surface area contributed by atoms with Crippen molar-refractivity contribution in [1.82, 2.24) is 10.6 Å². The van der Waals surface area contributed by atoms with Gasteiger partial charge in [0.15, 0.2) is 0 Å². The fraction of sp³-hybridized carbons (Fsp3) is 0.875. The van der Waals surface area contributed by atoms with E-state index in [-0.39, 0.29) is 6.04 Å². The van der Waals surface area contributed by atoms with Gasteiger partial charge < -0.3 is 5.32 Å². The van der Waals surface area contributed by atoms with Crippen molar-refractivity contribution < 1.29 is 0 Å². The van der Waals surface area contributed by atoms with E-state index >= 15 is 0 Å². The molecule has 1 aliphatic heterocycles. The van der Waals surface area contributed by atoms with Crippen LogP contribution in [0.15, 0.2) is 0 Å². The molecule has 1 saturated heterocycles. The average Bonchev–Trinajstić information content (AvgIpc) is 2.68. The van der Waals surface area contributed by atoms with Gasteiger partial charge in [0.25, 0.3) is 0 Å². The summed E-state index contributed by atoms with van der Waals surface area (Å²) in [6.07, 6.45) is 2.48. The third-order valence-corrected chi connectivity index (χ3v) is 2.43. The third kappa shape index (κ3) is 1.52. The Bertz CT molecular complexity index is 176. The Morgan fingerprint density at radius 1 is 1.45 bits per heavy atom. The minimum absolute atomic E-state index is 0.127. The van der Waals surface area contributed by atoms with Crippen LogP contribution in [0.25, 0.3) is 0 Å². The highest BCUT2D eigenvalue weighted by atomic mass is 15.1. The predicted octanol–water partition coefficient (Wildman–Crippen LogP) is -0.150. The Hall–Kier alpha value is -0.590. The summed E-state index contributed by atoms with van der Waals surface area (Å²) in [5.74, 6) is 0.653. The van der Waals surface area contributed by atoms with Crippen LogP contribution in [-0.4, -0.2) is 25.2 Å². The molecule has 1 heterocycles. The second-order valence-corrected chi connectivity index (χ2v) is 3.47. The Kier molecular flexibility index (Phi) is 1.80. The van der Waals surface area contributed by atoms with Gasteiger partial charge in [0.2, 0.25) is 0 Å². The SMILES string of the molecule is N#C[C@H](NC1CNC1)C1CC1. The Morgan fingerprint density at radius 2 is 2.18 bits per heavy atom. The summed E-state index contributed by atoms with van der Waals surface area (Å²) < 4.78 is 0. The van der Waals surface area contributed by atoms with Gasteiger partial charge in [-0.05, 0) is 18.8 Å². The quantitative estimate of drug-likeness (QED) is 0.589. The van der Waals surface area contributed by atoms with Gasteiger partial charge in [-0.2, -0.15) is 5.26 Å². The molecule has 0 bridgehead atoms. The van der Waals surface area contributed by atoms with Crippen molar-refractivity contribution in [2.45, 2.75) is 24.9 Å². The van der Waals surface area contributed by atoms with Gasteiger partial charge in [0, 0.05) is 19.1 Å². The summed E-state index contributed by atoms with van der Waals surface area (Å²) >= 11 is 0. The first kappa shape index (κ1) is 7.08. The first-order valence-corrected chi connectivity index (χ1v) is 4.26. The van der Waals surface area contributed by atoms with Crippen LogP contribution in [0.4, 0.5) is 0 Å². The molecule has 60 valence electrons. The maximum absolute atomic E-state index is 8.77. The number of hydrogen-bond donors (Lipinski definition) is 2. The van der Waals surface area contributed by atoms with Crippen molar-refractivity contribution in [3.05, 3.63) is 0 Å². The standard InChI is InChI=1S/C8H13N3/c9-3-8(6-1-2-6)11-7-4-10-5-7/h6-8,10-11H,1-2,4-5H2/t8-/m0/s1. The van der Waals surface area contributed by atoms with E-state index in [1.807, 2.05) is 0 Å². The molecule has 1 saturated carbocycles. The molecule has 0 aromatic carbocycles. The maximum Gasteiger partial charge on any atom is 0.0984 e. The summed E-state index contributed by atoms with van der Waals surface area (Å²) in [5, 5.41) is 15.3. The van der Waals surface area contributed by atoms with E-state index in [0.717, 1.165) is 13.1 Å². The lowest BCUT2D eigenvalue weighted by molar-refractivity contribution is 0.338. The molecule has 0 aromatic rings. The van der Waals surface area contributed by atoms with Crippen LogP contribution in [0.3, 0.4) is 0 Å². The van der Waals surface area contributed by atoms with Gasteiger partial charge in [-0.1, -0.05) is 0 Å². The monoisotopic (exact) mass is 151 g/mol. The fourth-order valence-electron chi connectivity index (χ4n) is 1.37. The van der Waals surface area contributed by atoms with Crippen LogP contribution in [0.1, 0.15) is 12.8 Å². The fourth-order valence-corrected chi connectivity index (χ4v) is 1.37. The second-order valence-electron chi connectivity index (χ2n) is 3.47. The van der Waals surface area contributed by atoms with Crippen LogP contribution in [-0.2, 0) is 0 Å². The van der Waals surface area contributed by atoms with E-state index in [1.54, 1.807) is 0 Å². The highest BCUT2D eigenvalue weighted by Crippen LogP contribution is 2.32. The van der Waals surface area contributed by atoms with Gasteiger partial charge in [0.1, 0.15) is 0 Å². The van der Waals surface area contributed by atoms with E-state index < -0.39 is 0 Å². The number of nitrogens with zero attached hydrogens (tertiary/aromatic N) is 1. The molecular formula is C8H13N3. The molecule has 0 amide bonds. The summed E-state index contributed by atoms with van der Waals surface area (Å²) in [6, 6.07) is 3.01. The first-order valence-electron chi connectivity index (χ1n) is 4.26. The average molecular weight is 151 g/mol. The second kappa shape index (κ2) is 2.80. The molecule has 1 aliphatic carbocycles. The zero-order valence-electron chi connectivity index (χ0n) is 6.51. The largest absolute Gasteiger partial charge is 0.314 e. The minimum Gasteiger partial charge on any atom is -0.314 e. The van der Waals surface area contributed by atoms with Gasteiger partial charge in [-0.3, -0.25) is 5.32 Å². The van der Waals surface area contributed by atoms with E-state index in [0.29, 0.717) is 12.0 Å². The van der Waals surface area contributed by atoms with Crippen LogP contribution >= 0.6 is 0 Å². The molecule has 3 heteroatoms. The van der Waals surface area contributed by atoms with Gasteiger partial charge in [-0.15, -0.1) is 0 Å². The number of rotatable bonds is 3. The smallest absolute Gasteiger partial charge is 0.0984 e. The van der Waals surface area contributed by atoms with E-state index in [4.69, 9.17) is 5.26 Å². The lowest BCUT2D eigenvalue weighted by Crippen LogP contribution is -2.58. The third-order valence-electron chi connectivity index (χ3n) is 2.43. The molecule has 1 atom stereocenters. The zero-order chi connectivity index (χ0) is 7.68. The minimum atomic E-state index is 0.127. The lowest BCUT2D eigenvalue weighted by Gasteiger charge is -2.30. The molecule has 0 spiro atoms. The lowest BCUT2D eigenvalue weighted by atomic mass is 10.1. The molecule has 0 aromatic heterocycles. The molecule has 2 aliphatic rings. The van der Waals surface area contributed by atoms with Crippen LogP contribution < -0.4 is 10.6 Å². The first-order chi connectivity index (χ1) is 5.40. The van der Waals surface area contributed by atoms with Crippen LogP contribution in [0.5, 0.6) is 0 Å².